The molecule has 0 aliphatic carbocycles. The number of hydrogen-bond donors (Lipinski definition) is 1. The maximum Gasteiger partial charge on any atom is 0.230 e. The lowest BCUT2D eigenvalue weighted by molar-refractivity contribution is -0.118. The largest absolute Gasteiger partial charge is 0.496 e. The van der Waals surface area contributed by atoms with E-state index in [0.717, 1.165) is 23.5 Å². The van der Waals surface area contributed by atoms with Crippen LogP contribution < -0.4 is 10.1 Å². The summed E-state index contributed by atoms with van der Waals surface area (Å²) in [5.41, 5.74) is 3.62. The number of methoxy groups -OCH3 is 1. The highest BCUT2D eigenvalue weighted by Crippen LogP contribution is 2.17. The average molecular weight is 329 g/mol. The monoisotopic (exact) mass is 329 g/mol. The Hall–Kier alpha value is -1.94. The first kappa shape index (κ1) is 17.4. The first-order valence-electron chi connectivity index (χ1n) is 7.71. The minimum atomic E-state index is 0.0806. The van der Waals surface area contributed by atoms with Crippen LogP contribution in [0.1, 0.15) is 16.7 Å². The lowest BCUT2D eigenvalue weighted by atomic mass is 10.1. The highest BCUT2D eigenvalue weighted by Gasteiger charge is 2.04. The fourth-order valence-electron chi connectivity index (χ4n) is 2.24. The molecule has 1 N–H and O–H groups in total. The number of hydrogen-bond acceptors (Lipinski definition) is 3. The molecule has 0 unspecified atom stereocenters. The van der Waals surface area contributed by atoms with Crippen molar-refractivity contribution in [1.29, 1.82) is 0 Å². The molecule has 0 heterocycles. The van der Waals surface area contributed by atoms with Gasteiger partial charge in [0, 0.05) is 12.3 Å². The van der Waals surface area contributed by atoms with Crippen LogP contribution in [0.2, 0.25) is 0 Å². The van der Waals surface area contributed by atoms with E-state index in [9.17, 15) is 4.79 Å². The van der Waals surface area contributed by atoms with Gasteiger partial charge in [-0.1, -0.05) is 48.0 Å². The number of carbonyl (C=O) groups is 1. The van der Waals surface area contributed by atoms with Crippen LogP contribution in [0.3, 0.4) is 0 Å². The Kier molecular flexibility index (Phi) is 7.01. The molecule has 23 heavy (non-hydrogen) atoms. The SMILES string of the molecule is COc1ccccc1CCNC(=O)CSCc1ccc(C)cc1. The molecule has 0 radical (unpaired) electrons. The number of carbonyl (C=O) groups excluding carboxylic acids is 1. The van der Waals surface area contributed by atoms with Crippen molar-refractivity contribution in [2.45, 2.75) is 19.1 Å². The van der Waals surface area contributed by atoms with Crippen LogP contribution in [0.25, 0.3) is 0 Å². The van der Waals surface area contributed by atoms with Crippen molar-refractivity contribution in [2.75, 3.05) is 19.4 Å². The second-order valence-electron chi connectivity index (χ2n) is 5.39. The van der Waals surface area contributed by atoms with E-state index in [-0.39, 0.29) is 5.91 Å². The van der Waals surface area contributed by atoms with Gasteiger partial charge in [-0.25, -0.2) is 0 Å². The summed E-state index contributed by atoms with van der Waals surface area (Å²) >= 11 is 1.64. The van der Waals surface area contributed by atoms with Gasteiger partial charge >= 0.3 is 0 Å². The van der Waals surface area contributed by atoms with E-state index >= 15 is 0 Å². The van der Waals surface area contributed by atoms with Gasteiger partial charge in [-0.2, -0.15) is 0 Å². The number of aryl methyl sites for hydroxylation is 1. The summed E-state index contributed by atoms with van der Waals surface area (Å²) in [5.74, 6) is 2.30. The zero-order valence-corrected chi connectivity index (χ0v) is 14.5. The maximum atomic E-state index is 11.9. The molecule has 0 bridgehead atoms. The molecular weight excluding hydrogens is 306 g/mol. The molecule has 0 aromatic heterocycles. The zero-order chi connectivity index (χ0) is 16.5. The van der Waals surface area contributed by atoms with Crippen molar-refractivity contribution in [3.63, 3.8) is 0 Å². The Bertz CT molecular complexity index is 626. The fraction of sp³-hybridized carbons (Fsp3) is 0.316. The molecule has 0 spiro atoms. The van der Waals surface area contributed by atoms with Gasteiger partial charge in [0.1, 0.15) is 5.75 Å². The lowest BCUT2D eigenvalue weighted by Crippen LogP contribution is -2.27. The molecule has 4 heteroatoms. The van der Waals surface area contributed by atoms with Crippen LogP contribution >= 0.6 is 11.8 Å². The molecule has 0 atom stereocenters. The van der Waals surface area contributed by atoms with Gasteiger partial charge in [-0.3, -0.25) is 4.79 Å². The van der Waals surface area contributed by atoms with Crippen molar-refractivity contribution in [1.82, 2.24) is 5.32 Å². The van der Waals surface area contributed by atoms with Gasteiger partial charge in [-0.15, -0.1) is 11.8 Å². The highest BCUT2D eigenvalue weighted by molar-refractivity contribution is 7.99. The highest BCUT2D eigenvalue weighted by atomic mass is 32.2. The van der Waals surface area contributed by atoms with Gasteiger partial charge in [-0.05, 0) is 30.5 Å². The minimum Gasteiger partial charge on any atom is -0.496 e. The third kappa shape index (κ3) is 5.99. The number of nitrogens with one attached hydrogen (secondary N) is 1. The first-order valence-corrected chi connectivity index (χ1v) is 8.86. The van der Waals surface area contributed by atoms with Crippen molar-refractivity contribution in [3.05, 3.63) is 65.2 Å². The minimum absolute atomic E-state index is 0.0806. The second-order valence-corrected chi connectivity index (χ2v) is 6.38. The van der Waals surface area contributed by atoms with Gasteiger partial charge in [0.15, 0.2) is 0 Å². The number of rotatable bonds is 8. The van der Waals surface area contributed by atoms with Crippen molar-refractivity contribution >= 4 is 17.7 Å². The summed E-state index contributed by atoms with van der Waals surface area (Å²) in [6.45, 7) is 2.70. The van der Waals surface area contributed by atoms with Crippen molar-refractivity contribution in [3.8, 4) is 5.75 Å². The summed E-state index contributed by atoms with van der Waals surface area (Å²) in [5, 5.41) is 2.96. The Balaban J connectivity index is 1.66. The molecule has 122 valence electrons. The molecule has 2 rings (SSSR count). The standard InChI is InChI=1S/C19H23NO2S/c1-15-7-9-16(10-8-15)13-23-14-19(21)20-12-11-17-5-3-4-6-18(17)22-2/h3-10H,11-14H2,1-2H3,(H,20,21). The van der Waals surface area contributed by atoms with Crippen molar-refractivity contribution < 1.29 is 9.53 Å². The fourth-order valence-corrected chi connectivity index (χ4v) is 3.06. The van der Waals surface area contributed by atoms with Gasteiger partial charge < -0.3 is 10.1 Å². The number of benzene rings is 2. The Morgan fingerprint density at radius 3 is 2.61 bits per heavy atom. The molecule has 2 aromatic carbocycles. The Labute approximate surface area is 142 Å². The van der Waals surface area contributed by atoms with Gasteiger partial charge in [0.2, 0.25) is 5.91 Å². The van der Waals surface area contributed by atoms with E-state index in [1.165, 1.54) is 11.1 Å². The number of amides is 1. The quantitative estimate of drug-likeness (QED) is 0.804. The van der Waals surface area contributed by atoms with Crippen LogP contribution in [-0.2, 0) is 17.0 Å². The normalized spacial score (nSPS) is 10.3. The summed E-state index contributed by atoms with van der Waals surface area (Å²) in [7, 11) is 1.67. The molecule has 0 fully saturated rings. The molecule has 0 saturated heterocycles. The Morgan fingerprint density at radius 1 is 1.13 bits per heavy atom. The van der Waals surface area contributed by atoms with Crippen LogP contribution in [0, 0.1) is 6.92 Å². The zero-order valence-electron chi connectivity index (χ0n) is 13.7. The molecule has 3 nitrogen and oxygen atoms in total. The van der Waals surface area contributed by atoms with E-state index in [4.69, 9.17) is 4.74 Å². The molecule has 0 aliphatic rings. The molecule has 2 aromatic rings. The summed E-state index contributed by atoms with van der Waals surface area (Å²) in [6, 6.07) is 16.3. The number of ether oxygens (including phenoxy) is 1. The summed E-state index contributed by atoms with van der Waals surface area (Å²) in [6.07, 6.45) is 0.776. The van der Waals surface area contributed by atoms with E-state index in [0.29, 0.717) is 12.3 Å². The smallest absolute Gasteiger partial charge is 0.230 e. The summed E-state index contributed by atoms with van der Waals surface area (Å²) < 4.78 is 5.31. The van der Waals surface area contributed by atoms with Crippen LogP contribution in [0.4, 0.5) is 0 Å². The van der Waals surface area contributed by atoms with Crippen LogP contribution in [0.5, 0.6) is 5.75 Å². The number of para-hydroxylation sites is 1. The van der Waals surface area contributed by atoms with E-state index < -0.39 is 0 Å². The predicted molar refractivity (Wildman–Crippen MR) is 97.0 cm³/mol. The molecule has 0 saturated carbocycles. The second kappa shape index (κ2) is 9.26. The van der Waals surface area contributed by atoms with Gasteiger partial charge in [0.05, 0.1) is 12.9 Å². The topological polar surface area (TPSA) is 38.3 Å². The van der Waals surface area contributed by atoms with Crippen LogP contribution in [0.15, 0.2) is 48.5 Å². The lowest BCUT2D eigenvalue weighted by Gasteiger charge is -2.09. The van der Waals surface area contributed by atoms with Crippen molar-refractivity contribution in [2.24, 2.45) is 0 Å². The predicted octanol–water partition coefficient (Wildman–Crippen LogP) is 3.60. The third-order valence-corrected chi connectivity index (χ3v) is 4.54. The average Bonchev–Trinajstić information content (AvgIpc) is 2.57. The van der Waals surface area contributed by atoms with E-state index in [2.05, 4.69) is 36.5 Å². The van der Waals surface area contributed by atoms with E-state index in [1.807, 2.05) is 24.3 Å². The van der Waals surface area contributed by atoms with Crippen LogP contribution in [-0.4, -0.2) is 25.3 Å². The first-order chi connectivity index (χ1) is 11.2. The van der Waals surface area contributed by atoms with E-state index in [1.54, 1.807) is 18.9 Å². The third-order valence-electron chi connectivity index (χ3n) is 3.53. The number of thioether (sulfide) groups is 1. The Morgan fingerprint density at radius 2 is 1.87 bits per heavy atom. The maximum absolute atomic E-state index is 11.9. The van der Waals surface area contributed by atoms with Gasteiger partial charge in [0.25, 0.3) is 0 Å². The molecule has 1 amide bonds. The molecule has 0 aliphatic heterocycles. The summed E-state index contributed by atoms with van der Waals surface area (Å²) in [4.78, 5) is 11.9. The molecular formula is C19H23NO2S.